The first-order chi connectivity index (χ1) is 10.0. The predicted molar refractivity (Wildman–Crippen MR) is 77.1 cm³/mol. The van der Waals surface area contributed by atoms with Crippen LogP contribution in [0.1, 0.15) is 22.9 Å². The van der Waals surface area contributed by atoms with Crippen LogP contribution in [-0.4, -0.2) is 7.11 Å². The van der Waals surface area contributed by atoms with Gasteiger partial charge in [-0.2, -0.15) is 0 Å². The summed E-state index contributed by atoms with van der Waals surface area (Å²) in [7, 11) is 1.50. The lowest BCUT2D eigenvalue weighted by molar-refractivity contribution is 0.109. The summed E-state index contributed by atoms with van der Waals surface area (Å²) in [4.78, 5) is 0. The first kappa shape index (κ1) is 15.0. The number of halogens is 2. The van der Waals surface area contributed by atoms with Gasteiger partial charge in [0.15, 0.2) is 5.82 Å². The van der Waals surface area contributed by atoms with E-state index in [1.54, 1.807) is 24.3 Å². The Morgan fingerprint density at radius 3 is 2.33 bits per heavy atom. The average molecular weight is 288 g/mol. The second-order valence-corrected chi connectivity index (χ2v) is 4.35. The van der Waals surface area contributed by atoms with Crippen molar-refractivity contribution in [1.82, 2.24) is 0 Å². The summed E-state index contributed by atoms with van der Waals surface area (Å²) in [5.74, 6) is 3.56. The molecule has 3 nitrogen and oxygen atoms in total. The highest BCUT2D eigenvalue weighted by atomic mass is 19.1. The molecule has 4 N–H and O–H groups in total. The molecule has 0 bridgehead atoms. The fraction of sp³-hybridized carbons (Fsp3) is 0.125. The van der Waals surface area contributed by atoms with E-state index in [9.17, 15) is 8.78 Å². The minimum Gasteiger partial charge on any atom is -0.396 e. The van der Waals surface area contributed by atoms with Gasteiger partial charge in [0.05, 0.1) is 11.3 Å². The standard InChI is InChI=1S/C16H14F2N2O/c1-21-16(20)11-5-2-10(3-6-11)4-7-12-13(17)8-9-14(19)15(12)18/h2-3,5-6,8-9,16H,19-20H2,1H3. The summed E-state index contributed by atoms with van der Waals surface area (Å²) in [6, 6.07) is 9.13. The fourth-order valence-electron chi connectivity index (χ4n) is 1.71. The minimum absolute atomic E-state index is 0.137. The summed E-state index contributed by atoms with van der Waals surface area (Å²) in [6.07, 6.45) is -0.518. The highest BCUT2D eigenvalue weighted by Crippen LogP contribution is 2.18. The van der Waals surface area contributed by atoms with E-state index in [0.717, 1.165) is 17.7 Å². The van der Waals surface area contributed by atoms with E-state index in [1.807, 2.05) is 0 Å². The molecule has 0 amide bonds. The molecule has 0 saturated carbocycles. The van der Waals surface area contributed by atoms with Crippen molar-refractivity contribution in [3.63, 3.8) is 0 Å². The Bertz CT molecular complexity index is 703. The number of benzene rings is 2. The summed E-state index contributed by atoms with van der Waals surface area (Å²) in [6.45, 7) is 0. The van der Waals surface area contributed by atoms with Crippen LogP contribution in [0.5, 0.6) is 0 Å². The maximum absolute atomic E-state index is 13.7. The van der Waals surface area contributed by atoms with Gasteiger partial charge in [0.25, 0.3) is 0 Å². The van der Waals surface area contributed by atoms with Crippen LogP contribution in [-0.2, 0) is 4.74 Å². The highest BCUT2D eigenvalue weighted by molar-refractivity contribution is 5.52. The van der Waals surface area contributed by atoms with E-state index >= 15 is 0 Å². The summed E-state index contributed by atoms with van der Waals surface area (Å²) in [5.41, 5.74) is 12.0. The Labute approximate surface area is 121 Å². The van der Waals surface area contributed by atoms with Crippen molar-refractivity contribution >= 4 is 5.69 Å². The first-order valence-electron chi connectivity index (χ1n) is 6.16. The van der Waals surface area contributed by atoms with Crippen LogP contribution in [0.2, 0.25) is 0 Å². The molecule has 5 heteroatoms. The Balaban J connectivity index is 2.30. The van der Waals surface area contributed by atoms with E-state index < -0.39 is 17.9 Å². The molecule has 0 spiro atoms. The van der Waals surface area contributed by atoms with Crippen LogP contribution in [0.3, 0.4) is 0 Å². The maximum Gasteiger partial charge on any atom is 0.164 e. The van der Waals surface area contributed by atoms with Crippen LogP contribution >= 0.6 is 0 Å². The van der Waals surface area contributed by atoms with Gasteiger partial charge in [-0.3, -0.25) is 0 Å². The van der Waals surface area contributed by atoms with Crippen molar-refractivity contribution in [1.29, 1.82) is 0 Å². The maximum atomic E-state index is 13.7. The number of ether oxygens (including phenoxy) is 1. The molecule has 0 aliphatic heterocycles. The largest absolute Gasteiger partial charge is 0.396 e. The number of rotatable bonds is 2. The molecular formula is C16H14F2N2O. The monoisotopic (exact) mass is 288 g/mol. The Morgan fingerprint density at radius 1 is 1.05 bits per heavy atom. The second-order valence-electron chi connectivity index (χ2n) is 4.35. The molecule has 0 fully saturated rings. The molecule has 0 radical (unpaired) electrons. The molecule has 2 aromatic rings. The second kappa shape index (κ2) is 6.35. The third-order valence-electron chi connectivity index (χ3n) is 2.95. The van der Waals surface area contributed by atoms with Crippen LogP contribution < -0.4 is 11.5 Å². The van der Waals surface area contributed by atoms with Crippen molar-refractivity contribution in [3.8, 4) is 11.8 Å². The van der Waals surface area contributed by atoms with Gasteiger partial charge in [0, 0.05) is 12.7 Å². The first-order valence-corrected chi connectivity index (χ1v) is 6.16. The third kappa shape index (κ3) is 3.37. The van der Waals surface area contributed by atoms with Crippen molar-refractivity contribution in [3.05, 3.63) is 64.7 Å². The van der Waals surface area contributed by atoms with Gasteiger partial charge in [-0.15, -0.1) is 0 Å². The zero-order valence-corrected chi connectivity index (χ0v) is 11.4. The summed E-state index contributed by atoms with van der Waals surface area (Å²) in [5, 5.41) is 0. The number of methoxy groups -OCH3 is 1. The zero-order valence-electron chi connectivity index (χ0n) is 11.4. The van der Waals surface area contributed by atoms with Crippen LogP contribution in [0.4, 0.5) is 14.5 Å². The van der Waals surface area contributed by atoms with E-state index in [-0.39, 0.29) is 11.3 Å². The Kier molecular flexibility index (Phi) is 4.53. The lowest BCUT2D eigenvalue weighted by atomic mass is 10.1. The van der Waals surface area contributed by atoms with Crippen molar-refractivity contribution < 1.29 is 13.5 Å². The molecule has 2 aromatic carbocycles. The predicted octanol–water partition coefficient (Wildman–Crippen LogP) is 2.55. The van der Waals surface area contributed by atoms with E-state index in [2.05, 4.69) is 11.8 Å². The van der Waals surface area contributed by atoms with E-state index in [1.165, 1.54) is 7.11 Å². The van der Waals surface area contributed by atoms with Crippen LogP contribution in [0.15, 0.2) is 36.4 Å². The van der Waals surface area contributed by atoms with E-state index in [4.69, 9.17) is 16.2 Å². The number of nitrogen functional groups attached to an aromatic ring is 1. The van der Waals surface area contributed by atoms with E-state index in [0.29, 0.717) is 5.56 Å². The normalized spacial score (nSPS) is 11.6. The van der Waals surface area contributed by atoms with Crippen LogP contribution in [0, 0.1) is 23.5 Å². The summed E-state index contributed by atoms with van der Waals surface area (Å²) < 4.78 is 32.2. The lowest BCUT2D eigenvalue weighted by Crippen LogP contribution is -2.11. The molecule has 1 atom stereocenters. The van der Waals surface area contributed by atoms with Crippen molar-refractivity contribution in [2.24, 2.45) is 5.73 Å². The molecule has 0 heterocycles. The average Bonchev–Trinajstić information content (AvgIpc) is 2.51. The Hall–Kier alpha value is -2.42. The van der Waals surface area contributed by atoms with Gasteiger partial charge in [-0.05, 0) is 29.8 Å². The lowest BCUT2D eigenvalue weighted by Gasteiger charge is -2.08. The van der Waals surface area contributed by atoms with Gasteiger partial charge < -0.3 is 16.2 Å². The van der Waals surface area contributed by atoms with Crippen LogP contribution in [0.25, 0.3) is 0 Å². The highest BCUT2D eigenvalue weighted by Gasteiger charge is 2.09. The molecule has 0 aliphatic carbocycles. The zero-order chi connectivity index (χ0) is 15.4. The van der Waals surface area contributed by atoms with Gasteiger partial charge >= 0.3 is 0 Å². The Morgan fingerprint density at radius 2 is 1.71 bits per heavy atom. The molecule has 0 saturated heterocycles. The SMILES string of the molecule is COC(N)c1ccc(C#Cc2c(F)ccc(N)c2F)cc1. The molecule has 1 unspecified atom stereocenters. The topological polar surface area (TPSA) is 61.3 Å². The van der Waals surface area contributed by atoms with Gasteiger partial charge in [0.2, 0.25) is 0 Å². The third-order valence-corrected chi connectivity index (χ3v) is 2.95. The molecule has 0 aromatic heterocycles. The van der Waals surface area contributed by atoms with Crippen molar-refractivity contribution in [2.75, 3.05) is 12.8 Å². The number of anilines is 1. The smallest absolute Gasteiger partial charge is 0.164 e. The minimum atomic E-state index is -0.847. The molecule has 0 aliphatic rings. The van der Waals surface area contributed by atoms with Gasteiger partial charge in [0.1, 0.15) is 12.0 Å². The molecule has 21 heavy (non-hydrogen) atoms. The van der Waals surface area contributed by atoms with Crippen molar-refractivity contribution in [2.45, 2.75) is 6.23 Å². The fourth-order valence-corrected chi connectivity index (χ4v) is 1.71. The molecular weight excluding hydrogens is 274 g/mol. The number of hydrogen-bond acceptors (Lipinski definition) is 3. The molecule has 2 rings (SSSR count). The molecule has 108 valence electrons. The summed E-state index contributed by atoms with van der Waals surface area (Å²) >= 11 is 0. The van der Waals surface area contributed by atoms with Gasteiger partial charge in [-0.25, -0.2) is 8.78 Å². The number of hydrogen-bond donors (Lipinski definition) is 2. The quantitative estimate of drug-likeness (QED) is 0.507. The number of nitrogens with two attached hydrogens (primary N) is 2. The van der Waals surface area contributed by atoms with Gasteiger partial charge in [-0.1, -0.05) is 24.0 Å².